The number of amides is 1. The smallest absolute Gasteiger partial charge is 0.338 e. The SMILES string of the molecule is Cc1noc(-c2ccc(C(=O)OCC(=O)N[C@H]3CCOc4ccccc43)cc2)n1. The minimum atomic E-state index is -0.583. The number of hydrogen-bond acceptors (Lipinski definition) is 7. The Kier molecular flexibility index (Phi) is 5.24. The summed E-state index contributed by atoms with van der Waals surface area (Å²) in [6, 6.07) is 13.9. The molecule has 1 amide bonds. The average Bonchev–Trinajstić information content (AvgIpc) is 3.19. The van der Waals surface area contributed by atoms with Crippen LogP contribution in [0.2, 0.25) is 0 Å². The maximum Gasteiger partial charge on any atom is 0.338 e. The van der Waals surface area contributed by atoms with E-state index in [0.29, 0.717) is 35.9 Å². The fourth-order valence-electron chi connectivity index (χ4n) is 3.11. The number of benzene rings is 2. The lowest BCUT2D eigenvalue weighted by molar-refractivity contribution is -0.125. The number of fused-ring (bicyclic) bond motifs is 1. The summed E-state index contributed by atoms with van der Waals surface area (Å²) in [5.41, 5.74) is 1.94. The number of nitrogens with one attached hydrogen (secondary N) is 1. The predicted octanol–water partition coefficient (Wildman–Crippen LogP) is 2.84. The zero-order chi connectivity index (χ0) is 20.2. The van der Waals surface area contributed by atoms with Gasteiger partial charge in [0.2, 0.25) is 0 Å². The van der Waals surface area contributed by atoms with Gasteiger partial charge in [-0.2, -0.15) is 4.98 Å². The Morgan fingerprint density at radius 2 is 1.97 bits per heavy atom. The van der Waals surface area contributed by atoms with Gasteiger partial charge in [0.15, 0.2) is 12.4 Å². The van der Waals surface area contributed by atoms with Crippen LogP contribution in [0.15, 0.2) is 53.1 Å². The Morgan fingerprint density at radius 3 is 2.72 bits per heavy atom. The first-order chi connectivity index (χ1) is 14.1. The molecule has 8 heteroatoms. The Balaban J connectivity index is 1.32. The number of nitrogens with zero attached hydrogens (tertiary/aromatic N) is 2. The summed E-state index contributed by atoms with van der Waals surface area (Å²) >= 11 is 0. The standard InChI is InChI=1S/C21H19N3O5/c1-13-22-20(29-24-13)14-6-8-15(9-7-14)21(26)28-12-19(25)23-17-10-11-27-18-5-3-2-4-16(17)18/h2-9,17H,10-12H2,1H3,(H,23,25)/t17-/m0/s1. The summed E-state index contributed by atoms with van der Waals surface area (Å²) < 4.78 is 15.8. The van der Waals surface area contributed by atoms with Crippen molar-refractivity contribution in [2.75, 3.05) is 13.2 Å². The van der Waals surface area contributed by atoms with Crippen molar-refractivity contribution in [1.82, 2.24) is 15.5 Å². The molecule has 2 aromatic carbocycles. The van der Waals surface area contributed by atoms with Gasteiger partial charge in [-0.3, -0.25) is 4.79 Å². The lowest BCUT2D eigenvalue weighted by Gasteiger charge is -2.26. The Morgan fingerprint density at radius 1 is 1.17 bits per heavy atom. The minimum Gasteiger partial charge on any atom is -0.493 e. The van der Waals surface area contributed by atoms with Gasteiger partial charge in [-0.25, -0.2) is 4.79 Å². The summed E-state index contributed by atoms with van der Waals surface area (Å²) in [6.45, 7) is 1.89. The van der Waals surface area contributed by atoms with Crippen molar-refractivity contribution in [1.29, 1.82) is 0 Å². The number of aromatic nitrogens is 2. The molecular weight excluding hydrogens is 374 g/mol. The number of para-hydroxylation sites is 1. The molecule has 0 saturated carbocycles. The molecule has 1 aliphatic heterocycles. The molecule has 0 aliphatic carbocycles. The van der Waals surface area contributed by atoms with Crippen LogP contribution in [0.5, 0.6) is 5.75 Å². The number of hydrogen-bond donors (Lipinski definition) is 1. The maximum absolute atomic E-state index is 12.2. The fraction of sp³-hybridized carbons (Fsp3) is 0.238. The van der Waals surface area contributed by atoms with Crippen LogP contribution >= 0.6 is 0 Å². The predicted molar refractivity (Wildman–Crippen MR) is 102 cm³/mol. The Labute approximate surface area is 166 Å². The lowest BCUT2D eigenvalue weighted by atomic mass is 10.0. The molecule has 0 spiro atoms. The topological polar surface area (TPSA) is 104 Å². The van der Waals surface area contributed by atoms with Gasteiger partial charge in [0, 0.05) is 17.5 Å². The molecule has 4 rings (SSSR count). The van der Waals surface area contributed by atoms with E-state index in [-0.39, 0.29) is 18.6 Å². The quantitative estimate of drug-likeness (QED) is 0.665. The minimum absolute atomic E-state index is 0.164. The van der Waals surface area contributed by atoms with E-state index in [9.17, 15) is 9.59 Å². The van der Waals surface area contributed by atoms with Gasteiger partial charge in [0.05, 0.1) is 18.2 Å². The van der Waals surface area contributed by atoms with E-state index in [4.69, 9.17) is 14.0 Å². The third kappa shape index (κ3) is 4.26. The van der Waals surface area contributed by atoms with Gasteiger partial charge in [-0.05, 0) is 37.3 Å². The number of carbonyl (C=O) groups excluding carboxylic acids is 2. The summed E-state index contributed by atoms with van der Waals surface area (Å²) in [6.07, 6.45) is 0.660. The van der Waals surface area contributed by atoms with E-state index in [1.165, 1.54) is 0 Å². The Hall–Kier alpha value is -3.68. The second-order valence-electron chi connectivity index (χ2n) is 6.60. The van der Waals surface area contributed by atoms with Crippen LogP contribution < -0.4 is 10.1 Å². The maximum atomic E-state index is 12.2. The van der Waals surface area contributed by atoms with E-state index in [1.807, 2.05) is 24.3 Å². The van der Waals surface area contributed by atoms with Gasteiger partial charge in [-0.1, -0.05) is 23.4 Å². The first kappa shape index (κ1) is 18.7. The second kappa shape index (κ2) is 8.14. The van der Waals surface area contributed by atoms with Crippen LogP contribution in [0.1, 0.15) is 34.2 Å². The largest absolute Gasteiger partial charge is 0.493 e. The first-order valence-electron chi connectivity index (χ1n) is 9.19. The highest BCUT2D eigenvalue weighted by Gasteiger charge is 2.23. The van der Waals surface area contributed by atoms with Crippen molar-refractivity contribution in [3.63, 3.8) is 0 Å². The van der Waals surface area contributed by atoms with E-state index >= 15 is 0 Å². The number of aryl methyl sites for hydroxylation is 1. The fourth-order valence-corrected chi connectivity index (χ4v) is 3.11. The molecule has 0 saturated heterocycles. The third-order valence-corrected chi connectivity index (χ3v) is 4.52. The van der Waals surface area contributed by atoms with E-state index < -0.39 is 5.97 Å². The molecule has 1 atom stereocenters. The van der Waals surface area contributed by atoms with Crippen LogP contribution in [-0.4, -0.2) is 35.2 Å². The van der Waals surface area contributed by atoms with Crippen molar-refractivity contribution in [2.45, 2.75) is 19.4 Å². The van der Waals surface area contributed by atoms with Crippen LogP contribution in [0, 0.1) is 6.92 Å². The van der Waals surface area contributed by atoms with Crippen molar-refractivity contribution in [3.05, 3.63) is 65.5 Å². The van der Waals surface area contributed by atoms with Gasteiger partial charge in [0.1, 0.15) is 5.75 Å². The molecular formula is C21H19N3O5. The molecule has 1 aromatic heterocycles. The number of ether oxygens (including phenoxy) is 2. The van der Waals surface area contributed by atoms with Crippen molar-refractivity contribution >= 4 is 11.9 Å². The summed E-state index contributed by atoms with van der Waals surface area (Å²) in [7, 11) is 0. The van der Waals surface area contributed by atoms with E-state index in [2.05, 4.69) is 15.5 Å². The van der Waals surface area contributed by atoms with Crippen molar-refractivity contribution < 1.29 is 23.6 Å². The zero-order valence-electron chi connectivity index (χ0n) is 15.8. The molecule has 1 N–H and O–H groups in total. The molecule has 8 nitrogen and oxygen atoms in total. The monoisotopic (exact) mass is 393 g/mol. The van der Waals surface area contributed by atoms with Gasteiger partial charge < -0.3 is 19.3 Å². The molecule has 2 heterocycles. The molecule has 0 unspecified atom stereocenters. The van der Waals surface area contributed by atoms with Gasteiger partial charge in [-0.15, -0.1) is 0 Å². The number of rotatable bonds is 5. The number of esters is 1. The molecule has 0 radical (unpaired) electrons. The van der Waals surface area contributed by atoms with E-state index in [0.717, 1.165) is 11.3 Å². The van der Waals surface area contributed by atoms with Crippen LogP contribution in [0.3, 0.4) is 0 Å². The summed E-state index contributed by atoms with van der Waals surface area (Å²) in [5.74, 6) is 0.719. The second-order valence-corrected chi connectivity index (χ2v) is 6.60. The van der Waals surface area contributed by atoms with Crippen molar-refractivity contribution in [3.8, 4) is 17.2 Å². The normalized spacial score (nSPS) is 15.1. The average molecular weight is 393 g/mol. The van der Waals surface area contributed by atoms with Crippen LogP contribution in [0.25, 0.3) is 11.5 Å². The lowest BCUT2D eigenvalue weighted by Crippen LogP contribution is -2.35. The molecule has 29 heavy (non-hydrogen) atoms. The van der Waals surface area contributed by atoms with E-state index in [1.54, 1.807) is 31.2 Å². The molecule has 1 aliphatic rings. The molecule has 148 valence electrons. The van der Waals surface area contributed by atoms with Crippen LogP contribution in [-0.2, 0) is 9.53 Å². The molecule has 0 fully saturated rings. The molecule has 3 aromatic rings. The highest BCUT2D eigenvalue weighted by Crippen LogP contribution is 2.31. The summed E-state index contributed by atoms with van der Waals surface area (Å²) in [4.78, 5) is 28.6. The zero-order valence-corrected chi connectivity index (χ0v) is 15.8. The highest BCUT2D eigenvalue weighted by molar-refractivity contribution is 5.91. The van der Waals surface area contributed by atoms with Gasteiger partial charge in [0.25, 0.3) is 11.8 Å². The summed E-state index contributed by atoms with van der Waals surface area (Å²) in [5, 5.41) is 6.62. The van der Waals surface area contributed by atoms with Gasteiger partial charge >= 0.3 is 5.97 Å². The first-order valence-corrected chi connectivity index (χ1v) is 9.19. The number of carbonyl (C=O) groups is 2. The Bertz CT molecular complexity index is 1030. The van der Waals surface area contributed by atoms with Crippen molar-refractivity contribution in [2.24, 2.45) is 0 Å². The third-order valence-electron chi connectivity index (χ3n) is 4.52. The molecule has 0 bridgehead atoms. The highest BCUT2D eigenvalue weighted by atomic mass is 16.5. The van der Waals surface area contributed by atoms with Crippen LogP contribution in [0.4, 0.5) is 0 Å².